The van der Waals surface area contributed by atoms with Gasteiger partial charge in [0.1, 0.15) is 5.84 Å². The van der Waals surface area contributed by atoms with Gasteiger partial charge in [-0.15, -0.1) is 0 Å². The molecule has 0 saturated carbocycles. The molecule has 0 spiro atoms. The maximum Gasteiger partial charge on any atom is 0.250 e. The number of nitrogens with one attached hydrogen (secondary N) is 1. The maximum atomic E-state index is 11.5. The van der Waals surface area contributed by atoms with Crippen LogP contribution in [0.2, 0.25) is 0 Å². The van der Waals surface area contributed by atoms with Crippen LogP contribution in [0.4, 0.5) is 0 Å². The fourth-order valence-electron chi connectivity index (χ4n) is 3.23. The zero-order valence-corrected chi connectivity index (χ0v) is 17.3. The first-order valence-corrected chi connectivity index (χ1v) is 10.0. The van der Waals surface area contributed by atoms with Crippen molar-refractivity contribution in [3.8, 4) is 11.1 Å². The molecule has 4 aromatic rings. The summed E-state index contributed by atoms with van der Waals surface area (Å²) in [6.07, 6.45) is 4.77. The Balaban J connectivity index is 1.77. The number of H-pyrrole nitrogens is 1. The molecule has 158 valence electrons. The van der Waals surface area contributed by atoms with Crippen molar-refractivity contribution in [1.82, 2.24) is 9.97 Å². The first-order chi connectivity index (χ1) is 15.6. The van der Waals surface area contributed by atoms with Crippen LogP contribution in [0.25, 0.3) is 11.1 Å². The summed E-state index contributed by atoms with van der Waals surface area (Å²) in [7, 11) is 0. The van der Waals surface area contributed by atoms with Crippen LogP contribution in [0.3, 0.4) is 0 Å². The van der Waals surface area contributed by atoms with E-state index in [2.05, 4.69) is 15.0 Å². The molecule has 5 N–H and O–H groups in total. The molecular formula is C25H22N6O. The summed E-state index contributed by atoms with van der Waals surface area (Å²) in [5.74, 6) is 0.0431. The molecule has 0 aliphatic carbocycles. The number of carbonyl (C=O) groups is 1. The number of aliphatic imine (C=N–C) groups is 2. The topological polar surface area (TPSA) is 123 Å². The van der Waals surface area contributed by atoms with Crippen molar-refractivity contribution in [2.24, 2.45) is 21.5 Å². The minimum atomic E-state index is -0.583. The highest BCUT2D eigenvalue weighted by Gasteiger charge is 2.14. The normalized spacial score (nSPS) is 12.0. The highest BCUT2D eigenvalue weighted by Crippen LogP contribution is 2.24. The van der Waals surface area contributed by atoms with E-state index in [1.807, 2.05) is 72.9 Å². The standard InChI is InChI=1S/C25H22N6O/c26-23(19-13-20(24(27)32)16-28-15-19)31-25(30-14-17-7-3-1-4-8-17)22-21(11-12-29-22)18-9-5-2-6-10-18/h1-13,15-16,29H,14H2,(H2,27,32)(H2,26,30,31). The number of hydrogen-bond donors (Lipinski definition) is 3. The van der Waals surface area contributed by atoms with Crippen LogP contribution in [0, 0.1) is 0 Å². The summed E-state index contributed by atoms with van der Waals surface area (Å²) < 4.78 is 0. The van der Waals surface area contributed by atoms with E-state index in [-0.39, 0.29) is 11.4 Å². The summed E-state index contributed by atoms with van der Waals surface area (Å²) in [5.41, 5.74) is 16.2. The lowest BCUT2D eigenvalue weighted by Gasteiger charge is -2.08. The summed E-state index contributed by atoms with van der Waals surface area (Å²) in [4.78, 5) is 28.2. The van der Waals surface area contributed by atoms with Crippen molar-refractivity contribution in [2.45, 2.75) is 6.54 Å². The summed E-state index contributed by atoms with van der Waals surface area (Å²) in [6, 6.07) is 23.4. The molecular weight excluding hydrogens is 400 g/mol. The molecule has 4 rings (SSSR count). The highest BCUT2D eigenvalue weighted by molar-refractivity contribution is 6.13. The quantitative estimate of drug-likeness (QED) is 0.325. The first-order valence-electron chi connectivity index (χ1n) is 10.0. The van der Waals surface area contributed by atoms with Gasteiger partial charge in [0, 0.05) is 29.7 Å². The first kappa shape index (κ1) is 20.7. The van der Waals surface area contributed by atoms with Gasteiger partial charge in [0.25, 0.3) is 0 Å². The number of nitrogens with zero attached hydrogens (tertiary/aromatic N) is 3. The number of benzene rings is 2. The van der Waals surface area contributed by atoms with Crippen LogP contribution in [-0.4, -0.2) is 27.5 Å². The maximum absolute atomic E-state index is 11.5. The van der Waals surface area contributed by atoms with Gasteiger partial charge in [-0.3, -0.25) is 14.8 Å². The lowest BCUT2D eigenvalue weighted by atomic mass is 10.1. The van der Waals surface area contributed by atoms with Gasteiger partial charge in [0.2, 0.25) is 5.91 Å². The number of hydrogen-bond acceptors (Lipinski definition) is 3. The Morgan fingerprint density at radius 1 is 0.906 bits per heavy atom. The lowest BCUT2D eigenvalue weighted by Crippen LogP contribution is -2.19. The molecule has 0 aliphatic rings. The smallest absolute Gasteiger partial charge is 0.250 e. The van der Waals surface area contributed by atoms with Crippen molar-refractivity contribution in [2.75, 3.05) is 0 Å². The number of aromatic amines is 1. The average Bonchev–Trinajstić information content (AvgIpc) is 3.33. The van der Waals surface area contributed by atoms with E-state index in [1.165, 1.54) is 12.4 Å². The average molecular weight is 422 g/mol. The van der Waals surface area contributed by atoms with E-state index >= 15 is 0 Å². The second-order valence-electron chi connectivity index (χ2n) is 7.08. The van der Waals surface area contributed by atoms with Gasteiger partial charge in [-0.25, -0.2) is 4.99 Å². The molecule has 0 saturated heterocycles. The van der Waals surface area contributed by atoms with Gasteiger partial charge in [-0.1, -0.05) is 60.7 Å². The fourth-order valence-corrected chi connectivity index (χ4v) is 3.23. The third kappa shape index (κ3) is 4.79. The molecule has 2 aromatic heterocycles. The molecule has 32 heavy (non-hydrogen) atoms. The van der Waals surface area contributed by atoms with Crippen LogP contribution < -0.4 is 11.5 Å². The second-order valence-corrected chi connectivity index (χ2v) is 7.08. The monoisotopic (exact) mass is 422 g/mol. The zero-order valence-electron chi connectivity index (χ0n) is 17.3. The Morgan fingerprint density at radius 2 is 1.59 bits per heavy atom. The number of nitrogens with two attached hydrogens (primary N) is 2. The van der Waals surface area contributed by atoms with Crippen molar-refractivity contribution in [1.29, 1.82) is 0 Å². The van der Waals surface area contributed by atoms with Crippen molar-refractivity contribution < 1.29 is 4.79 Å². The number of pyridine rings is 1. The Labute approximate surface area is 185 Å². The second kappa shape index (κ2) is 9.53. The van der Waals surface area contributed by atoms with E-state index in [1.54, 1.807) is 6.07 Å². The van der Waals surface area contributed by atoms with Crippen LogP contribution in [0.5, 0.6) is 0 Å². The van der Waals surface area contributed by atoms with Gasteiger partial charge in [-0.05, 0) is 23.3 Å². The van der Waals surface area contributed by atoms with Crippen LogP contribution in [-0.2, 0) is 6.54 Å². The van der Waals surface area contributed by atoms with Crippen LogP contribution in [0.1, 0.15) is 27.2 Å². The Kier molecular flexibility index (Phi) is 6.17. The number of rotatable bonds is 6. The van der Waals surface area contributed by atoms with Gasteiger partial charge in [-0.2, -0.15) is 0 Å². The van der Waals surface area contributed by atoms with E-state index in [9.17, 15) is 4.79 Å². The van der Waals surface area contributed by atoms with E-state index in [4.69, 9.17) is 16.5 Å². The van der Waals surface area contributed by atoms with Crippen LogP contribution >= 0.6 is 0 Å². The number of amides is 1. The predicted octanol–water partition coefficient (Wildman–Crippen LogP) is 3.53. The highest BCUT2D eigenvalue weighted by atomic mass is 16.1. The SMILES string of the molecule is NC(=O)c1cncc(C(N)=NC(=NCc2ccccc2)c2[nH]ccc2-c2ccccc2)c1. The Bertz CT molecular complexity index is 1280. The number of amidine groups is 2. The van der Waals surface area contributed by atoms with Crippen molar-refractivity contribution >= 4 is 17.6 Å². The summed E-state index contributed by atoms with van der Waals surface area (Å²) in [5, 5.41) is 0. The van der Waals surface area contributed by atoms with Crippen molar-refractivity contribution in [3.05, 3.63) is 114 Å². The predicted molar refractivity (Wildman–Crippen MR) is 126 cm³/mol. The van der Waals surface area contributed by atoms with Gasteiger partial charge in [0.05, 0.1) is 17.8 Å². The van der Waals surface area contributed by atoms with Gasteiger partial charge >= 0.3 is 0 Å². The number of primary amides is 1. The van der Waals surface area contributed by atoms with Gasteiger partial charge < -0.3 is 16.5 Å². The van der Waals surface area contributed by atoms with Crippen LogP contribution in [0.15, 0.2) is 101 Å². The van der Waals surface area contributed by atoms with Gasteiger partial charge in [0.15, 0.2) is 5.84 Å². The molecule has 2 aromatic carbocycles. The van der Waals surface area contributed by atoms with E-state index in [0.717, 1.165) is 22.4 Å². The molecule has 0 bridgehead atoms. The Morgan fingerprint density at radius 3 is 2.31 bits per heavy atom. The molecule has 2 heterocycles. The zero-order chi connectivity index (χ0) is 22.3. The molecule has 0 aliphatic heterocycles. The number of carbonyl (C=O) groups excluding carboxylic acids is 1. The van der Waals surface area contributed by atoms with Crippen molar-refractivity contribution in [3.63, 3.8) is 0 Å². The number of aromatic nitrogens is 2. The molecule has 1 amide bonds. The Hall–Kier alpha value is -4.52. The summed E-state index contributed by atoms with van der Waals surface area (Å²) in [6.45, 7) is 0.430. The largest absolute Gasteiger partial charge is 0.383 e. The molecule has 7 nitrogen and oxygen atoms in total. The third-order valence-electron chi connectivity index (χ3n) is 4.85. The minimum Gasteiger partial charge on any atom is -0.383 e. The van der Waals surface area contributed by atoms with E-state index in [0.29, 0.717) is 17.9 Å². The molecule has 0 atom stereocenters. The fraction of sp³-hybridized carbons (Fsp3) is 0.0400. The lowest BCUT2D eigenvalue weighted by molar-refractivity contribution is 0.1000. The molecule has 0 unspecified atom stereocenters. The third-order valence-corrected chi connectivity index (χ3v) is 4.85. The van der Waals surface area contributed by atoms with E-state index < -0.39 is 5.91 Å². The molecule has 0 fully saturated rings. The molecule has 0 radical (unpaired) electrons. The molecule has 7 heteroatoms. The minimum absolute atomic E-state index is 0.182. The summed E-state index contributed by atoms with van der Waals surface area (Å²) >= 11 is 0.